The van der Waals surface area contributed by atoms with Crippen molar-refractivity contribution in [2.24, 2.45) is 0 Å². The maximum absolute atomic E-state index is 12.7. The van der Waals surface area contributed by atoms with Crippen LogP contribution < -0.4 is 10.6 Å². The van der Waals surface area contributed by atoms with Gasteiger partial charge >= 0.3 is 12.0 Å². The van der Waals surface area contributed by atoms with E-state index in [4.69, 9.17) is 9.47 Å². The van der Waals surface area contributed by atoms with E-state index in [-0.39, 0.29) is 18.7 Å². The molecule has 0 bridgehead atoms. The van der Waals surface area contributed by atoms with Crippen molar-refractivity contribution in [3.63, 3.8) is 0 Å². The lowest BCUT2D eigenvalue weighted by Crippen LogP contribution is -2.46. The van der Waals surface area contributed by atoms with E-state index in [1.54, 1.807) is 11.6 Å². The summed E-state index contributed by atoms with van der Waals surface area (Å²) >= 11 is 2.82. The maximum atomic E-state index is 12.7. The van der Waals surface area contributed by atoms with Crippen molar-refractivity contribution in [1.82, 2.24) is 30.8 Å². The number of carbonyl (C=O) groups excluding carboxylic acids is 2. The monoisotopic (exact) mass is 450 g/mol. The Morgan fingerprint density at radius 3 is 3.13 bits per heavy atom. The quantitative estimate of drug-likeness (QED) is 0.462. The van der Waals surface area contributed by atoms with E-state index < -0.39 is 12.0 Å². The molecular weight excluding hydrogens is 428 g/mol. The molecule has 2 aliphatic heterocycles. The third-order valence-electron chi connectivity index (χ3n) is 4.72. The first-order valence-corrected chi connectivity index (χ1v) is 11.5. The van der Waals surface area contributed by atoms with Gasteiger partial charge in [0.05, 0.1) is 30.9 Å². The zero-order valence-corrected chi connectivity index (χ0v) is 18.0. The molecule has 10 nitrogen and oxygen atoms in total. The van der Waals surface area contributed by atoms with Crippen molar-refractivity contribution in [2.75, 3.05) is 19.0 Å². The molecule has 2 N–H and O–H groups in total. The molecule has 2 aromatic heterocycles. The lowest BCUT2D eigenvalue weighted by molar-refractivity contribution is -0.139. The zero-order chi connectivity index (χ0) is 20.9. The van der Waals surface area contributed by atoms with E-state index >= 15 is 0 Å². The fourth-order valence-electron chi connectivity index (χ4n) is 3.38. The minimum atomic E-state index is -0.559. The normalized spacial score (nSPS) is 21.4. The number of thioether (sulfide) groups is 1. The van der Waals surface area contributed by atoms with Gasteiger partial charge in [-0.05, 0) is 41.6 Å². The van der Waals surface area contributed by atoms with Gasteiger partial charge in [0.15, 0.2) is 0 Å². The molecule has 0 aromatic carbocycles. The summed E-state index contributed by atoms with van der Waals surface area (Å²) < 4.78 is 12.6. The van der Waals surface area contributed by atoms with E-state index in [9.17, 15) is 9.59 Å². The number of aromatic nitrogens is 4. The number of rotatable bonds is 8. The first-order chi connectivity index (χ1) is 14.7. The second-order valence-electron chi connectivity index (χ2n) is 6.73. The fourth-order valence-corrected chi connectivity index (χ4v) is 5.02. The van der Waals surface area contributed by atoms with E-state index in [1.807, 2.05) is 17.5 Å². The summed E-state index contributed by atoms with van der Waals surface area (Å²) in [6.45, 7) is 3.33. The molecule has 2 amide bonds. The van der Waals surface area contributed by atoms with Gasteiger partial charge in [-0.2, -0.15) is 0 Å². The average molecular weight is 451 g/mol. The molecule has 4 heterocycles. The highest BCUT2D eigenvalue weighted by atomic mass is 32.2. The molecule has 1 fully saturated rings. The van der Waals surface area contributed by atoms with Crippen LogP contribution in [-0.2, 0) is 20.8 Å². The van der Waals surface area contributed by atoms with Crippen molar-refractivity contribution in [3.05, 3.63) is 33.7 Å². The van der Waals surface area contributed by atoms with Gasteiger partial charge < -0.3 is 20.1 Å². The predicted molar refractivity (Wildman–Crippen MR) is 110 cm³/mol. The number of nitrogens with zero attached hydrogens (tertiary/aromatic N) is 4. The Labute approximate surface area is 181 Å². The molecule has 30 heavy (non-hydrogen) atoms. The summed E-state index contributed by atoms with van der Waals surface area (Å²) in [7, 11) is 0. The second-order valence-corrected chi connectivity index (χ2v) is 8.65. The summed E-state index contributed by atoms with van der Waals surface area (Å²) in [6.07, 6.45) is 2.12. The van der Waals surface area contributed by atoms with E-state index in [2.05, 4.69) is 26.2 Å². The SMILES string of the molecule is CCOC(=O)C1=C(CSc2nnnn2C[C@H]2CCCO2)NC(=O)N[C@H]1c1cccs1. The number of esters is 1. The van der Waals surface area contributed by atoms with Gasteiger partial charge in [0.1, 0.15) is 0 Å². The summed E-state index contributed by atoms with van der Waals surface area (Å²) in [5, 5.41) is 20.0. The Kier molecular flexibility index (Phi) is 6.65. The first-order valence-electron chi connectivity index (χ1n) is 9.67. The molecule has 0 radical (unpaired) electrons. The topological polar surface area (TPSA) is 120 Å². The van der Waals surface area contributed by atoms with Crippen LogP contribution in [0.1, 0.15) is 30.7 Å². The van der Waals surface area contributed by atoms with Gasteiger partial charge in [-0.1, -0.05) is 17.8 Å². The van der Waals surface area contributed by atoms with Crippen molar-refractivity contribution in [1.29, 1.82) is 0 Å². The van der Waals surface area contributed by atoms with Gasteiger partial charge in [-0.15, -0.1) is 16.4 Å². The minimum Gasteiger partial charge on any atom is -0.463 e. The number of nitrogens with one attached hydrogen (secondary N) is 2. The summed E-state index contributed by atoms with van der Waals surface area (Å²) in [4.78, 5) is 25.9. The standard InChI is InChI=1S/C18H22N6O4S2/c1-2-27-16(25)14-12(19-17(26)20-15(14)13-6-4-8-29-13)10-30-18-21-22-23-24(18)9-11-5-3-7-28-11/h4,6,8,11,15H,2-3,5,7,9-10H2,1H3,(H2,19,20,26)/t11-,15+/m1/s1. The van der Waals surface area contributed by atoms with Gasteiger partial charge in [-0.3, -0.25) is 0 Å². The largest absolute Gasteiger partial charge is 0.463 e. The second kappa shape index (κ2) is 9.58. The average Bonchev–Trinajstić information content (AvgIpc) is 3.50. The van der Waals surface area contributed by atoms with Crippen LogP contribution in [0.15, 0.2) is 33.9 Å². The van der Waals surface area contributed by atoms with Crippen molar-refractivity contribution in [3.8, 4) is 0 Å². The number of thiophene rings is 1. The van der Waals surface area contributed by atoms with Gasteiger partial charge in [0.25, 0.3) is 0 Å². The molecule has 2 aromatic rings. The Bertz CT molecular complexity index is 923. The van der Waals surface area contributed by atoms with Crippen LogP contribution in [0.3, 0.4) is 0 Å². The molecule has 1 saturated heterocycles. The Hall–Kier alpha value is -2.44. The van der Waals surface area contributed by atoms with Crippen molar-refractivity contribution < 1.29 is 19.1 Å². The van der Waals surface area contributed by atoms with Crippen LogP contribution in [0, 0.1) is 0 Å². The molecule has 2 aliphatic rings. The van der Waals surface area contributed by atoms with Gasteiger partial charge in [0.2, 0.25) is 5.16 Å². The molecule has 0 unspecified atom stereocenters. The zero-order valence-electron chi connectivity index (χ0n) is 16.4. The van der Waals surface area contributed by atoms with E-state index in [1.165, 1.54) is 23.1 Å². The van der Waals surface area contributed by atoms with E-state index in [0.29, 0.717) is 28.7 Å². The highest BCUT2D eigenvalue weighted by Gasteiger charge is 2.34. The molecule has 4 rings (SSSR count). The molecule has 12 heteroatoms. The van der Waals surface area contributed by atoms with Crippen LogP contribution in [0.5, 0.6) is 0 Å². The summed E-state index contributed by atoms with van der Waals surface area (Å²) in [5.74, 6) is -0.145. The fraction of sp³-hybridized carbons (Fsp3) is 0.500. The molecular formula is C18H22N6O4S2. The highest BCUT2D eigenvalue weighted by Crippen LogP contribution is 2.32. The van der Waals surface area contributed by atoms with E-state index in [0.717, 1.165) is 24.3 Å². The third kappa shape index (κ3) is 4.65. The van der Waals surface area contributed by atoms with Crippen LogP contribution in [0.2, 0.25) is 0 Å². The number of hydrogen-bond acceptors (Lipinski definition) is 9. The lowest BCUT2D eigenvalue weighted by atomic mass is 10.0. The summed E-state index contributed by atoms with van der Waals surface area (Å²) in [6, 6.07) is 2.84. The molecule has 160 valence electrons. The Morgan fingerprint density at radius 1 is 1.50 bits per heavy atom. The molecule has 0 spiro atoms. The van der Waals surface area contributed by atoms with Crippen LogP contribution in [-0.4, -0.2) is 57.3 Å². The summed E-state index contributed by atoms with van der Waals surface area (Å²) in [5.41, 5.74) is 0.886. The number of urea groups is 1. The first kappa shape index (κ1) is 20.8. The third-order valence-corrected chi connectivity index (χ3v) is 6.64. The molecule has 2 atom stereocenters. The highest BCUT2D eigenvalue weighted by molar-refractivity contribution is 7.99. The van der Waals surface area contributed by atoms with Gasteiger partial charge in [0, 0.05) is 22.9 Å². The number of tetrazole rings is 1. The van der Waals surface area contributed by atoms with Crippen LogP contribution in [0.25, 0.3) is 0 Å². The van der Waals surface area contributed by atoms with Crippen molar-refractivity contribution in [2.45, 2.75) is 43.6 Å². The minimum absolute atomic E-state index is 0.101. The number of hydrogen-bond donors (Lipinski definition) is 2. The Morgan fingerprint density at radius 2 is 2.40 bits per heavy atom. The van der Waals surface area contributed by atoms with Gasteiger partial charge in [-0.25, -0.2) is 14.3 Å². The molecule has 0 aliphatic carbocycles. The number of ether oxygens (including phenoxy) is 2. The number of carbonyl (C=O) groups is 2. The lowest BCUT2D eigenvalue weighted by Gasteiger charge is -2.28. The number of amides is 2. The maximum Gasteiger partial charge on any atom is 0.338 e. The van der Waals surface area contributed by atoms with Crippen LogP contribution >= 0.6 is 23.1 Å². The van der Waals surface area contributed by atoms with Crippen LogP contribution in [0.4, 0.5) is 4.79 Å². The smallest absolute Gasteiger partial charge is 0.338 e. The predicted octanol–water partition coefficient (Wildman–Crippen LogP) is 1.88. The van der Waals surface area contributed by atoms with Crippen molar-refractivity contribution >= 4 is 35.1 Å². The molecule has 0 saturated carbocycles. The Balaban J connectivity index is 1.56.